The van der Waals surface area contributed by atoms with E-state index in [1.165, 1.54) is 23.5 Å². The van der Waals surface area contributed by atoms with Gasteiger partial charge in [0.1, 0.15) is 10.8 Å². The van der Waals surface area contributed by atoms with Crippen molar-refractivity contribution in [2.75, 3.05) is 0 Å². The first-order chi connectivity index (χ1) is 18.2. The monoisotopic (exact) mass is 522 g/mol. The number of fused-ring (bicyclic) bond motifs is 2. The number of pyridine rings is 2. The van der Waals surface area contributed by atoms with Crippen molar-refractivity contribution in [2.24, 2.45) is 5.41 Å². The van der Waals surface area contributed by atoms with Gasteiger partial charge >= 0.3 is 0 Å². The quantitative estimate of drug-likeness (QED) is 0.290. The summed E-state index contributed by atoms with van der Waals surface area (Å²) in [6, 6.07) is 13.4. The van der Waals surface area contributed by atoms with Gasteiger partial charge in [-0.05, 0) is 65.9 Å². The van der Waals surface area contributed by atoms with E-state index in [0.717, 1.165) is 28.2 Å². The minimum Gasteiger partial charge on any atom is -0.294 e. The molecule has 188 valence electrons. The summed E-state index contributed by atoms with van der Waals surface area (Å²) in [6.07, 6.45) is 8.87. The standard InChI is InChI=1S/C21H16FN3OS.C9H7NO/c1-21(2)8-17-15(18(26)9-21)3-4-16(25-17)20-24-11-19(27-20)13-5-12(10-23)6-14(22)7-13;11-9-5-1-4-8-7(9)3-2-6-10-8/h3-7,11H,8-9H2,1-2H3;1-4,6H,5H2. The van der Waals surface area contributed by atoms with Crippen molar-refractivity contribution >= 4 is 29.0 Å². The second-order valence-corrected chi connectivity index (χ2v) is 11.0. The highest BCUT2D eigenvalue weighted by Crippen LogP contribution is 2.36. The Balaban J connectivity index is 0.000000222. The molecule has 0 saturated carbocycles. The zero-order valence-corrected chi connectivity index (χ0v) is 21.7. The van der Waals surface area contributed by atoms with E-state index in [4.69, 9.17) is 5.26 Å². The van der Waals surface area contributed by atoms with Gasteiger partial charge in [0, 0.05) is 36.4 Å². The second-order valence-electron chi connectivity index (χ2n) is 9.97. The van der Waals surface area contributed by atoms with E-state index >= 15 is 0 Å². The number of nitriles is 1. The van der Waals surface area contributed by atoms with Gasteiger partial charge in [0.05, 0.1) is 33.6 Å². The molecule has 0 radical (unpaired) electrons. The number of halogens is 1. The van der Waals surface area contributed by atoms with Gasteiger partial charge in [-0.1, -0.05) is 19.9 Å². The van der Waals surface area contributed by atoms with Crippen LogP contribution in [-0.2, 0) is 6.42 Å². The van der Waals surface area contributed by atoms with Gasteiger partial charge in [0.15, 0.2) is 11.6 Å². The molecule has 38 heavy (non-hydrogen) atoms. The highest BCUT2D eigenvalue weighted by Gasteiger charge is 2.32. The third kappa shape index (κ3) is 5.34. The van der Waals surface area contributed by atoms with Crippen molar-refractivity contribution in [3.63, 3.8) is 0 Å². The molecule has 0 spiro atoms. The lowest BCUT2D eigenvalue weighted by Crippen LogP contribution is -2.27. The summed E-state index contributed by atoms with van der Waals surface area (Å²) >= 11 is 1.38. The fourth-order valence-corrected chi connectivity index (χ4v) is 5.42. The summed E-state index contributed by atoms with van der Waals surface area (Å²) in [4.78, 5) is 37.4. The first-order valence-electron chi connectivity index (χ1n) is 12.1. The van der Waals surface area contributed by atoms with Crippen molar-refractivity contribution in [3.8, 4) is 27.2 Å². The number of Topliss-reactive ketones (excluding diaryl/α,β-unsaturated/α-hetero) is 2. The molecule has 0 unspecified atom stereocenters. The van der Waals surface area contributed by atoms with Crippen molar-refractivity contribution in [3.05, 3.63) is 94.8 Å². The number of hydrogen-bond donors (Lipinski definition) is 0. The van der Waals surface area contributed by atoms with Crippen molar-refractivity contribution in [1.29, 1.82) is 5.26 Å². The highest BCUT2D eigenvalue weighted by molar-refractivity contribution is 7.18. The largest absolute Gasteiger partial charge is 0.294 e. The van der Waals surface area contributed by atoms with E-state index in [0.29, 0.717) is 34.7 Å². The number of aromatic nitrogens is 3. The number of hydrogen-bond acceptors (Lipinski definition) is 7. The van der Waals surface area contributed by atoms with E-state index in [-0.39, 0.29) is 22.5 Å². The Morgan fingerprint density at radius 2 is 1.87 bits per heavy atom. The molecule has 0 saturated heterocycles. The van der Waals surface area contributed by atoms with E-state index in [2.05, 4.69) is 28.8 Å². The molecule has 2 aliphatic rings. The van der Waals surface area contributed by atoms with Crippen LogP contribution in [0, 0.1) is 22.6 Å². The van der Waals surface area contributed by atoms with E-state index in [1.54, 1.807) is 24.5 Å². The van der Waals surface area contributed by atoms with Crippen LogP contribution in [0.25, 0.3) is 27.2 Å². The maximum atomic E-state index is 13.7. The summed E-state index contributed by atoms with van der Waals surface area (Å²) in [5.74, 6) is -0.161. The van der Waals surface area contributed by atoms with Crippen LogP contribution in [0.15, 0.2) is 60.9 Å². The first kappa shape index (κ1) is 25.3. The summed E-state index contributed by atoms with van der Waals surface area (Å²) < 4.78 is 13.7. The predicted molar refractivity (Wildman–Crippen MR) is 144 cm³/mol. The maximum Gasteiger partial charge on any atom is 0.168 e. The Kier molecular flexibility index (Phi) is 6.79. The molecule has 0 bridgehead atoms. The fraction of sp³-hybridized carbons (Fsp3) is 0.200. The SMILES string of the molecule is CC1(C)CC(=O)c2ccc(-c3ncc(-c4cc(F)cc(C#N)c4)s3)nc2C1.O=C1CC=Cc2ncccc21. The third-order valence-corrected chi connectivity index (χ3v) is 7.38. The van der Waals surface area contributed by atoms with Gasteiger partial charge in [-0.25, -0.2) is 14.4 Å². The molecular weight excluding hydrogens is 499 g/mol. The average Bonchev–Trinajstić information content (AvgIpc) is 3.39. The molecule has 0 aliphatic heterocycles. The third-order valence-electron chi connectivity index (χ3n) is 6.31. The molecule has 8 heteroatoms. The summed E-state index contributed by atoms with van der Waals surface area (Å²) in [5.41, 5.74) is 4.53. The fourth-order valence-electron chi connectivity index (χ4n) is 4.55. The molecule has 3 heterocycles. The topological polar surface area (TPSA) is 96.6 Å². The first-order valence-corrected chi connectivity index (χ1v) is 12.9. The van der Waals surface area contributed by atoms with E-state index < -0.39 is 5.82 Å². The van der Waals surface area contributed by atoms with Crippen LogP contribution in [0.1, 0.15) is 64.4 Å². The number of carbonyl (C=O) groups excluding carboxylic acids is 2. The maximum absolute atomic E-state index is 13.7. The molecule has 0 N–H and O–H groups in total. The van der Waals surface area contributed by atoms with Crippen LogP contribution in [0.4, 0.5) is 4.39 Å². The van der Waals surface area contributed by atoms with Crippen LogP contribution >= 0.6 is 11.3 Å². The lowest BCUT2D eigenvalue weighted by Gasteiger charge is -2.29. The van der Waals surface area contributed by atoms with E-state index in [1.807, 2.05) is 36.4 Å². The van der Waals surface area contributed by atoms with Crippen LogP contribution in [-0.4, -0.2) is 26.5 Å². The van der Waals surface area contributed by atoms with Crippen molar-refractivity contribution in [2.45, 2.75) is 33.1 Å². The smallest absolute Gasteiger partial charge is 0.168 e. The van der Waals surface area contributed by atoms with Crippen LogP contribution in [0.3, 0.4) is 0 Å². The predicted octanol–water partition coefficient (Wildman–Crippen LogP) is 6.72. The Bertz CT molecular complexity index is 1650. The summed E-state index contributed by atoms with van der Waals surface area (Å²) in [5, 5.41) is 9.73. The summed E-state index contributed by atoms with van der Waals surface area (Å²) in [7, 11) is 0. The van der Waals surface area contributed by atoms with Crippen LogP contribution in [0.2, 0.25) is 0 Å². The highest BCUT2D eigenvalue weighted by atomic mass is 32.1. The Morgan fingerprint density at radius 1 is 1.03 bits per heavy atom. The molecule has 0 fully saturated rings. The Hall–Kier alpha value is -4.35. The van der Waals surface area contributed by atoms with Crippen LogP contribution in [0.5, 0.6) is 0 Å². The van der Waals surface area contributed by atoms with Crippen molar-refractivity contribution < 1.29 is 14.0 Å². The summed E-state index contributed by atoms with van der Waals surface area (Å²) in [6.45, 7) is 4.14. The number of nitrogens with zero attached hydrogens (tertiary/aromatic N) is 4. The minimum atomic E-state index is -0.452. The number of rotatable bonds is 2. The lowest BCUT2D eigenvalue weighted by atomic mass is 9.75. The van der Waals surface area contributed by atoms with Gasteiger partial charge in [-0.2, -0.15) is 5.26 Å². The number of thiazole rings is 1. The van der Waals surface area contributed by atoms with E-state index in [9.17, 15) is 14.0 Å². The molecule has 3 aromatic heterocycles. The van der Waals surface area contributed by atoms with Gasteiger partial charge in [-0.3, -0.25) is 14.6 Å². The molecule has 0 atom stereocenters. The number of carbonyl (C=O) groups is 2. The average molecular weight is 523 g/mol. The molecule has 4 aromatic rings. The molecule has 6 nitrogen and oxygen atoms in total. The number of allylic oxidation sites excluding steroid dienone is 1. The van der Waals surface area contributed by atoms with Gasteiger partial charge in [-0.15, -0.1) is 11.3 Å². The lowest BCUT2D eigenvalue weighted by molar-refractivity contribution is 0.0909. The Labute approximate surface area is 223 Å². The number of ketones is 2. The van der Waals surface area contributed by atoms with Gasteiger partial charge in [0.25, 0.3) is 0 Å². The zero-order valence-electron chi connectivity index (χ0n) is 20.9. The number of benzene rings is 1. The van der Waals surface area contributed by atoms with Crippen LogP contribution < -0.4 is 0 Å². The molecule has 2 aliphatic carbocycles. The molecule has 0 amide bonds. The normalized spacial score (nSPS) is 15.1. The van der Waals surface area contributed by atoms with Gasteiger partial charge < -0.3 is 0 Å². The Morgan fingerprint density at radius 3 is 2.66 bits per heavy atom. The molecular formula is C30H23FN4O2S. The van der Waals surface area contributed by atoms with Crippen molar-refractivity contribution in [1.82, 2.24) is 15.0 Å². The zero-order chi connectivity index (χ0) is 26.9. The minimum absolute atomic E-state index is 0.0982. The second kappa shape index (κ2) is 10.2. The van der Waals surface area contributed by atoms with Gasteiger partial charge in [0.2, 0.25) is 0 Å². The molecule has 6 rings (SSSR count). The molecule has 1 aromatic carbocycles.